The smallest absolute Gasteiger partial charge is 0.0587 e. The Labute approximate surface area is 69.3 Å². The number of methoxy groups -OCH3 is 1. The maximum absolute atomic E-state index is 4.97. The second-order valence-electron chi connectivity index (χ2n) is 3.28. The summed E-state index contributed by atoms with van der Waals surface area (Å²) in [5.41, 5.74) is 0. The summed E-state index contributed by atoms with van der Waals surface area (Å²) in [7, 11) is 1.75. The molecule has 0 unspecified atom stereocenters. The molecule has 2 nitrogen and oxygen atoms in total. The van der Waals surface area contributed by atoms with Crippen LogP contribution >= 0.6 is 0 Å². The summed E-state index contributed by atoms with van der Waals surface area (Å²) in [6, 6.07) is 0.777. The van der Waals surface area contributed by atoms with Crippen LogP contribution in [0.1, 0.15) is 32.1 Å². The van der Waals surface area contributed by atoms with Gasteiger partial charge in [0, 0.05) is 19.7 Å². The summed E-state index contributed by atoms with van der Waals surface area (Å²) in [5.74, 6) is 0. The maximum atomic E-state index is 4.97. The molecule has 0 aromatic heterocycles. The van der Waals surface area contributed by atoms with Crippen molar-refractivity contribution in [2.75, 3.05) is 20.3 Å². The number of hydrogen-bond donors (Lipinski definition) is 1. The summed E-state index contributed by atoms with van der Waals surface area (Å²) >= 11 is 0. The van der Waals surface area contributed by atoms with Gasteiger partial charge in [-0.15, -0.1) is 0 Å². The number of ether oxygens (including phenoxy) is 1. The Morgan fingerprint density at radius 1 is 1.27 bits per heavy atom. The molecule has 1 N–H and O–H groups in total. The van der Waals surface area contributed by atoms with Crippen molar-refractivity contribution in [1.29, 1.82) is 0 Å². The van der Waals surface area contributed by atoms with Gasteiger partial charge < -0.3 is 10.1 Å². The van der Waals surface area contributed by atoms with Crippen LogP contribution in [0.2, 0.25) is 0 Å². The van der Waals surface area contributed by atoms with E-state index in [1.165, 1.54) is 32.1 Å². The third kappa shape index (κ3) is 3.73. The third-order valence-corrected chi connectivity index (χ3v) is 2.34. The van der Waals surface area contributed by atoms with Crippen LogP contribution < -0.4 is 5.32 Å². The highest BCUT2D eigenvalue weighted by atomic mass is 16.5. The molecule has 0 spiro atoms. The zero-order chi connectivity index (χ0) is 7.94. The van der Waals surface area contributed by atoms with E-state index < -0.39 is 0 Å². The number of hydrogen-bond acceptors (Lipinski definition) is 2. The van der Waals surface area contributed by atoms with Crippen LogP contribution in [0.4, 0.5) is 0 Å². The third-order valence-electron chi connectivity index (χ3n) is 2.34. The zero-order valence-corrected chi connectivity index (χ0v) is 7.44. The van der Waals surface area contributed by atoms with Crippen LogP contribution in [0.5, 0.6) is 0 Å². The van der Waals surface area contributed by atoms with Gasteiger partial charge in [-0.1, -0.05) is 19.3 Å². The lowest BCUT2D eigenvalue weighted by molar-refractivity contribution is 0.192. The first-order valence-electron chi connectivity index (χ1n) is 4.66. The molecule has 0 aliphatic heterocycles. The van der Waals surface area contributed by atoms with E-state index in [-0.39, 0.29) is 0 Å². The molecule has 1 fully saturated rings. The van der Waals surface area contributed by atoms with Crippen molar-refractivity contribution in [1.82, 2.24) is 5.32 Å². The molecule has 1 saturated carbocycles. The molecule has 0 bridgehead atoms. The SMILES string of the molecule is COCCNC1CCCCC1. The molecule has 0 aromatic carbocycles. The van der Waals surface area contributed by atoms with E-state index >= 15 is 0 Å². The van der Waals surface area contributed by atoms with Gasteiger partial charge in [0.2, 0.25) is 0 Å². The lowest BCUT2D eigenvalue weighted by Crippen LogP contribution is -2.33. The Bertz CT molecular complexity index is 89.6. The molecule has 0 saturated heterocycles. The first-order chi connectivity index (χ1) is 5.43. The standard InChI is InChI=1S/C9H19NO/c1-11-8-7-10-9-5-3-2-4-6-9/h9-10H,2-8H2,1H3. The molecule has 0 heterocycles. The molecule has 1 aliphatic rings. The molecule has 0 radical (unpaired) electrons. The highest BCUT2D eigenvalue weighted by Gasteiger charge is 2.11. The first-order valence-corrected chi connectivity index (χ1v) is 4.66. The first kappa shape index (κ1) is 9.01. The Balaban J connectivity index is 1.96. The van der Waals surface area contributed by atoms with Crippen LogP contribution in [0.15, 0.2) is 0 Å². The van der Waals surface area contributed by atoms with Gasteiger partial charge in [0.15, 0.2) is 0 Å². The number of nitrogens with one attached hydrogen (secondary N) is 1. The van der Waals surface area contributed by atoms with Crippen molar-refractivity contribution in [2.24, 2.45) is 0 Å². The summed E-state index contributed by atoms with van der Waals surface area (Å²) in [5, 5.41) is 3.50. The van der Waals surface area contributed by atoms with E-state index in [9.17, 15) is 0 Å². The minimum absolute atomic E-state index is 0.777. The largest absolute Gasteiger partial charge is 0.383 e. The normalized spacial score (nSPS) is 20.5. The van der Waals surface area contributed by atoms with Crippen molar-refractivity contribution in [3.8, 4) is 0 Å². The molecule has 0 amide bonds. The lowest BCUT2D eigenvalue weighted by Gasteiger charge is -2.22. The van der Waals surface area contributed by atoms with E-state index in [1.54, 1.807) is 7.11 Å². The lowest BCUT2D eigenvalue weighted by atomic mass is 9.96. The quantitative estimate of drug-likeness (QED) is 0.625. The molecular weight excluding hydrogens is 138 g/mol. The van der Waals surface area contributed by atoms with Gasteiger partial charge in [0.25, 0.3) is 0 Å². The van der Waals surface area contributed by atoms with Crippen LogP contribution in [0.3, 0.4) is 0 Å². The monoisotopic (exact) mass is 157 g/mol. The van der Waals surface area contributed by atoms with E-state index in [4.69, 9.17) is 4.74 Å². The molecule has 11 heavy (non-hydrogen) atoms. The summed E-state index contributed by atoms with van der Waals surface area (Å²) < 4.78 is 4.97. The summed E-state index contributed by atoms with van der Waals surface area (Å²) in [6.07, 6.45) is 6.98. The second kappa shape index (κ2) is 5.56. The summed E-state index contributed by atoms with van der Waals surface area (Å²) in [6.45, 7) is 1.86. The van der Waals surface area contributed by atoms with E-state index in [1.807, 2.05) is 0 Å². The molecule has 0 aromatic rings. The molecule has 0 atom stereocenters. The van der Waals surface area contributed by atoms with Gasteiger partial charge >= 0.3 is 0 Å². The van der Waals surface area contributed by atoms with Crippen LogP contribution in [0.25, 0.3) is 0 Å². The van der Waals surface area contributed by atoms with Crippen LogP contribution in [-0.4, -0.2) is 26.3 Å². The summed E-state index contributed by atoms with van der Waals surface area (Å²) in [4.78, 5) is 0. The van der Waals surface area contributed by atoms with Gasteiger partial charge in [0.05, 0.1) is 6.61 Å². The van der Waals surface area contributed by atoms with Gasteiger partial charge in [0.1, 0.15) is 0 Å². The van der Waals surface area contributed by atoms with Crippen LogP contribution in [-0.2, 0) is 4.74 Å². The van der Waals surface area contributed by atoms with Crippen LogP contribution in [0, 0.1) is 0 Å². The van der Waals surface area contributed by atoms with Crippen molar-refractivity contribution in [3.63, 3.8) is 0 Å². The van der Waals surface area contributed by atoms with E-state index in [0.29, 0.717) is 0 Å². The van der Waals surface area contributed by atoms with Crippen molar-refractivity contribution < 1.29 is 4.74 Å². The van der Waals surface area contributed by atoms with E-state index in [2.05, 4.69) is 5.32 Å². The predicted octanol–water partition coefficient (Wildman–Crippen LogP) is 1.56. The average Bonchev–Trinajstić information content (AvgIpc) is 2.07. The van der Waals surface area contributed by atoms with Crippen molar-refractivity contribution in [2.45, 2.75) is 38.1 Å². The zero-order valence-electron chi connectivity index (χ0n) is 7.44. The fraction of sp³-hybridized carbons (Fsp3) is 1.00. The fourth-order valence-electron chi connectivity index (χ4n) is 1.67. The number of rotatable bonds is 4. The fourth-order valence-corrected chi connectivity index (χ4v) is 1.67. The Morgan fingerprint density at radius 2 is 2.00 bits per heavy atom. The highest BCUT2D eigenvalue weighted by molar-refractivity contribution is 4.71. The minimum atomic E-state index is 0.777. The Morgan fingerprint density at radius 3 is 2.64 bits per heavy atom. The van der Waals surface area contributed by atoms with E-state index in [0.717, 1.165) is 19.2 Å². The highest BCUT2D eigenvalue weighted by Crippen LogP contribution is 2.16. The van der Waals surface area contributed by atoms with Crippen molar-refractivity contribution in [3.05, 3.63) is 0 Å². The molecule has 66 valence electrons. The molecule has 2 heteroatoms. The Kier molecular flexibility index (Phi) is 4.55. The molecule has 1 aliphatic carbocycles. The molecular formula is C9H19NO. The average molecular weight is 157 g/mol. The maximum Gasteiger partial charge on any atom is 0.0587 e. The topological polar surface area (TPSA) is 21.3 Å². The molecule has 1 rings (SSSR count). The van der Waals surface area contributed by atoms with Gasteiger partial charge in [-0.3, -0.25) is 0 Å². The second-order valence-corrected chi connectivity index (χ2v) is 3.28. The predicted molar refractivity (Wildman–Crippen MR) is 46.8 cm³/mol. The minimum Gasteiger partial charge on any atom is -0.383 e. The van der Waals surface area contributed by atoms with Crippen molar-refractivity contribution >= 4 is 0 Å². The van der Waals surface area contributed by atoms with Gasteiger partial charge in [-0.2, -0.15) is 0 Å². The van der Waals surface area contributed by atoms with Gasteiger partial charge in [-0.05, 0) is 12.8 Å². The Hall–Kier alpha value is -0.0800. The van der Waals surface area contributed by atoms with Gasteiger partial charge in [-0.25, -0.2) is 0 Å².